The number of amides is 1. The molecule has 0 aliphatic carbocycles. The zero-order valence-electron chi connectivity index (χ0n) is 20.9. The molecule has 35 heavy (non-hydrogen) atoms. The number of methoxy groups -OCH3 is 2. The van der Waals surface area contributed by atoms with Crippen molar-refractivity contribution in [1.82, 2.24) is 19.7 Å². The van der Waals surface area contributed by atoms with E-state index >= 15 is 0 Å². The van der Waals surface area contributed by atoms with E-state index in [0.29, 0.717) is 24.6 Å². The predicted molar refractivity (Wildman–Crippen MR) is 139 cm³/mol. The van der Waals surface area contributed by atoms with Crippen LogP contribution in [0, 0.1) is 6.92 Å². The maximum atomic E-state index is 13.2. The van der Waals surface area contributed by atoms with Crippen LogP contribution in [0.3, 0.4) is 0 Å². The van der Waals surface area contributed by atoms with Gasteiger partial charge in [-0.25, -0.2) is 0 Å². The number of nitrogens with zero attached hydrogens (tertiary/aromatic N) is 5. The number of hydrogen-bond donors (Lipinski definition) is 0. The van der Waals surface area contributed by atoms with Gasteiger partial charge in [0.05, 0.1) is 25.7 Å². The zero-order chi connectivity index (χ0) is 24.8. The number of aryl methyl sites for hydroxylation is 1. The lowest BCUT2D eigenvalue weighted by molar-refractivity contribution is -0.128. The Balaban J connectivity index is 1.50. The van der Waals surface area contributed by atoms with Gasteiger partial charge in [0.2, 0.25) is 11.9 Å². The van der Waals surface area contributed by atoms with E-state index in [4.69, 9.17) is 9.47 Å². The van der Waals surface area contributed by atoms with Gasteiger partial charge in [0.15, 0.2) is 16.7 Å². The monoisotopic (exact) mass is 495 g/mol. The third-order valence-electron chi connectivity index (χ3n) is 6.18. The fourth-order valence-corrected chi connectivity index (χ4v) is 5.04. The molecule has 1 aliphatic heterocycles. The second-order valence-corrected chi connectivity index (χ2v) is 9.48. The molecule has 1 saturated heterocycles. The number of ether oxygens (including phenoxy) is 2. The summed E-state index contributed by atoms with van der Waals surface area (Å²) >= 11 is 1.43. The fraction of sp³-hybridized carbons (Fsp3) is 0.423. The van der Waals surface area contributed by atoms with E-state index in [-0.39, 0.29) is 11.7 Å². The molecule has 186 valence electrons. The predicted octanol–water partition coefficient (Wildman–Crippen LogP) is 4.33. The van der Waals surface area contributed by atoms with Crippen molar-refractivity contribution in [3.05, 3.63) is 53.6 Å². The lowest BCUT2D eigenvalue weighted by atomic mass is 10.2. The first kappa shape index (κ1) is 24.9. The molecular weight excluding hydrogens is 462 g/mol. The molecule has 4 rings (SSSR count). The summed E-state index contributed by atoms with van der Waals surface area (Å²) in [4.78, 5) is 17.3. The van der Waals surface area contributed by atoms with Crippen LogP contribution in [0.1, 0.15) is 30.9 Å². The number of benzene rings is 2. The lowest BCUT2D eigenvalue weighted by Gasteiger charge is -2.22. The summed E-state index contributed by atoms with van der Waals surface area (Å²) in [5.74, 6) is 2.51. The van der Waals surface area contributed by atoms with Gasteiger partial charge in [-0.15, -0.1) is 10.2 Å². The second-order valence-electron chi connectivity index (χ2n) is 8.53. The Kier molecular flexibility index (Phi) is 8.17. The summed E-state index contributed by atoms with van der Waals surface area (Å²) in [7, 11) is 3.22. The van der Waals surface area contributed by atoms with Gasteiger partial charge in [-0.3, -0.25) is 9.36 Å². The van der Waals surface area contributed by atoms with E-state index in [1.807, 2.05) is 30.0 Å². The topological polar surface area (TPSA) is 72.7 Å². The minimum Gasteiger partial charge on any atom is -0.493 e. The molecule has 0 atom stereocenters. The number of aromatic nitrogens is 3. The number of carbonyl (C=O) groups is 1. The highest BCUT2D eigenvalue weighted by molar-refractivity contribution is 7.99. The van der Waals surface area contributed by atoms with Gasteiger partial charge in [-0.1, -0.05) is 35.5 Å². The molecule has 2 heterocycles. The fourth-order valence-electron chi connectivity index (χ4n) is 4.19. The molecule has 1 fully saturated rings. The van der Waals surface area contributed by atoms with E-state index in [0.717, 1.165) is 48.3 Å². The van der Waals surface area contributed by atoms with E-state index in [2.05, 4.69) is 50.9 Å². The smallest absolute Gasteiger partial charge is 0.233 e. The van der Waals surface area contributed by atoms with Gasteiger partial charge < -0.3 is 19.3 Å². The van der Waals surface area contributed by atoms with Crippen LogP contribution < -0.4 is 14.4 Å². The third-order valence-corrected chi connectivity index (χ3v) is 7.09. The van der Waals surface area contributed by atoms with Crippen molar-refractivity contribution in [2.75, 3.05) is 44.5 Å². The lowest BCUT2D eigenvalue weighted by Crippen LogP contribution is -2.31. The van der Waals surface area contributed by atoms with Crippen LogP contribution in [0.2, 0.25) is 0 Å². The Morgan fingerprint density at radius 3 is 2.40 bits per heavy atom. The molecule has 9 heteroatoms. The Hall–Kier alpha value is -3.20. The Bertz CT molecular complexity index is 1140. The molecule has 0 radical (unpaired) electrons. The summed E-state index contributed by atoms with van der Waals surface area (Å²) in [6, 6.07) is 14.1. The Morgan fingerprint density at radius 1 is 1.03 bits per heavy atom. The molecule has 0 unspecified atom stereocenters. The number of thioether (sulfide) groups is 1. The van der Waals surface area contributed by atoms with Gasteiger partial charge >= 0.3 is 0 Å². The van der Waals surface area contributed by atoms with Crippen LogP contribution in [0.4, 0.5) is 5.95 Å². The largest absolute Gasteiger partial charge is 0.493 e. The molecule has 0 N–H and O–H groups in total. The first-order valence-corrected chi connectivity index (χ1v) is 12.9. The highest BCUT2D eigenvalue weighted by atomic mass is 32.2. The van der Waals surface area contributed by atoms with Crippen molar-refractivity contribution in [2.24, 2.45) is 0 Å². The van der Waals surface area contributed by atoms with E-state index in [1.165, 1.54) is 17.3 Å². The molecule has 3 aromatic rings. The molecule has 0 bridgehead atoms. The van der Waals surface area contributed by atoms with Crippen molar-refractivity contribution in [3.63, 3.8) is 0 Å². The molecule has 1 aromatic heterocycles. The SMILES string of the molecule is CCN(Cc1ccc(OC)c(OC)c1)C(=O)CSc1nnc(N2CCCC2)n1-c1ccc(C)cc1. The molecule has 1 amide bonds. The van der Waals surface area contributed by atoms with E-state index in [9.17, 15) is 4.79 Å². The summed E-state index contributed by atoms with van der Waals surface area (Å²) in [6.07, 6.45) is 2.31. The second kappa shape index (κ2) is 11.5. The minimum absolute atomic E-state index is 0.0495. The summed E-state index contributed by atoms with van der Waals surface area (Å²) < 4.78 is 12.8. The Labute approximate surface area is 211 Å². The van der Waals surface area contributed by atoms with Gasteiger partial charge in [-0.05, 0) is 56.5 Å². The van der Waals surface area contributed by atoms with Gasteiger partial charge in [-0.2, -0.15) is 0 Å². The van der Waals surface area contributed by atoms with Crippen LogP contribution in [0.5, 0.6) is 11.5 Å². The highest BCUT2D eigenvalue weighted by Gasteiger charge is 2.23. The molecule has 0 saturated carbocycles. The summed E-state index contributed by atoms with van der Waals surface area (Å²) in [6.45, 7) is 7.12. The number of anilines is 1. The Morgan fingerprint density at radius 2 is 1.74 bits per heavy atom. The maximum Gasteiger partial charge on any atom is 0.233 e. The molecule has 8 nitrogen and oxygen atoms in total. The minimum atomic E-state index is 0.0495. The van der Waals surface area contributed by atoms with Gasteiger partial charge in [0.1, 0.15) is 0 Å². The van der Waals surface area contributed by atoms with Crippen molar-refractivity contribution < 1.29 is 14.3 Å². The summed E-state index contributed by atoms with van der Waals surface area (Å²) in [5, 5.41) is 9.71. The molecule has 1 aliphatic rings. The van der Waals surface area contributed by atoms with Crippen LogP contribution in [0.15, 0.2) is 47.6 Å². The van der Waals surface area contributed by atoms with Crippen molar-refractivity contribution in [3.8, 4) is 17.2 Å². The average molecular weight is 496 g/mol. The zero-order valence-corrected chi connectivity index (χ0v) is 21.7. The highest BCUT2D eigenvalue weighted by Crippen LogP contribution is 2.30. The van der Waals surface area contributed by atoms with E-state index < -0.39 is 0 Å². The van der Waals surface area contributed by atoms with Crippen molar-refractivity contribution in [2.45, 2.75) is 38.4 Å². The van der Waals surface area contributed by atoms with Crippen molar-refractivity contribution >= 4 is 23.6 Å². The van der Waals surface area contributed by atoms with Crippen LogP contribution >= 0.6 is 11.8 Å². The van der Waals surface area contributed by atoms with Gasteiger partial charge in [0, 0.05) is 26.2 Å². The first-order valence-electron chi connectivity index (χ1n) is 11.9. The van der Waals surface area contributed by atoms with Crippen LogP contribution in [0.25, 0.3) is 5.69 Å². The molecule has 2 aromatic carbocycles. The van der Waals surface area contributed by atoms with Gasteiger partial charge in [0.25, 0.3) is 0 Å². The standard InChI is InChI=1S/C26H33N5O3S/c1-5-29(17-20-10-13-22(33-3)23(16-20)34-4)24(32)18-35-26-28-27-25(30-14-6-7-15-30)31(26)21-11-8-19(2)9-12-21/h8-13,16H,5-7,14-15,17-18H2,1-4H3. The van der Waals surface area contributed by atoms with Crippen LogP contribution in [-0.4, -0.2) is 65.2 Å². The molecule has 0 spiro atoms. The maximum absolute atomic E-state index is 13.2. The van der Waals surface area contributed by atoms with Crippen molar-refractivity contribution in [1.29, 1.82) is 0 Å². The van der Waals surface area contributed by atoms with Crippen LogP contribution in [-0.2, 0) is 11.3 Å². The average Bonchev–Trinajstić information content (AvgIpc) is 3.56. The molecular formula is C26H33N5O3S. The first-order chi connectivity index (χ1) is 17.0. The van der Waals surface area contributed by atoms with E-state index in [1.54, 1.807) is 14.2 Å². The normalized spacial score (nSPS) is 13.2. The summed E-state index contributed by atoms with van der Waals surface area (Å²) in [5.41, 5.74) is 3.19. The quantitative estimate of drug-likeness (QED) is 0.388. The number of rotatable bonds is 10. The number of carbonyl (C=O) groups excluding carboxylic acids is 1. The third kappa shape index (κ3) is 5.73. The number of hydrogen-bond acceptors (Lipinski definition) is 7.